The molecule has 4 rings (SSSR count). The molecule has 168 valence electrons. The lowest BCUT2D eigenvalue weighted by atomic mass is 9.98. The van der Waals surface area contributed by atoms with Crippen LogP contribution in [0.4, 0.5) is 4.79 Å². The Morgan fingerprint density at radius 3 is 2.19 bits per heavy atom. The van der Waals surface area contributed by atoms with E-state index in [0.717, 1.165) is 22.3 Å². The zero-order chi connectivity index (χ0) is 22.7. The van der Waals surface area contributed by atoms with Crippen LogP contribution in [0.1, 0.15) is 36.3 Å². The van der Waals surface area contributed by atoms with Crippen molar-refractivity contribution in [2.75, 3.05) is 20.3 Å². The van der Waals surface area contributed by atoms with Gasteiger partial charge in [0, 0.05) is 13.0 Å². The fourth-order valence-electron chi connectivity index (χ4n) is 4.27. The zero-order valence-corrected chi connectivity index (χ0v) is 17.8. The van der Waals surface area contributed by atoms with E-state index < -0.39 is 29.6 Å². The van der Waals surface area contributed by atoms with Gasteiger partial charge in [0.15, 0.2) is 0 Å². The third kappa shape index (κ3) is 4.60. The Hall–Kier alpha value is -3.39. The molecule has 0 aliphatic heterocycles. The standard InChI is InChI=1S/C24H26N2O6/c1-31-14-20(22(29)26-24(10-11-24)12-21(27)28)25-23(30)32-13-19-17-8-4-2-6-15(17)16-7-3-5-9-18(16)19/h2-9,19-20H,10-14H2,1H3,(H,25,30)(H,26,29)(H,27,28)/t20-/m0/s1. The fourth-order valence-corrected chi connectivity index (χ4v) is 4.27. The molecule has 2 aromatic rings. The van der Waals surface area contributed by atoms with Gasteiger partial charge in [-0.25, -0.2) is 4.79 Å². The summed E-state index contributed by atoms with van der Waals surface area (Å²) in [5, 5.41) is 14.3. The van der Waals surface area contributed by atoms with Crippen LogP contribution in [-0.4, -0.2) is 55.0 Å². The first-order valence-electron chi connectivity index (χ1n) is 10.6. The molecule has 2 aliphatic carbocycles. The summed E-state index contributed by atoms with van der Waals surface area (Å²) < 4.78 is 10.6. The maximum absolute atomic E-state index is 12.6. The van der Waals surface area contributed by atoms with Crippen LogP contribution in [-0.2, 0) is 19.1 Å². The molecule has 0 unspecified atom stereocenters. The molecule has 2 aromatic carbocycles. The summed E-state index contributed by atoms with van der Waals surface area (Å²) >= 11 is 0. The highest BCUT2D eigenvalue weighted by molar-refractivity contribution is 5.87. The maximum Gasteiger partial charge on any atom is 0.407 e. The summed E-state index contributed by atoms with van der Waals surface area (Å²) in [6.07, 6.45) is 0.307. The SMILES string of the molecule is COC[C@H](NC(=O)OCC1c2ccccc2-c2ccccc21)C(=O)NC1(CC(=O)O)CC1. The van der Waals surface area contributed by atoms with Gasteiger partial charge in [-0.2, -0.15) is 0 Å². The maximum atomic E-state index is 12.6. The number of alkyl carbamates (subject to hydrolysis) is 1. The van der Waals surface area contributed by atoms with Gasteiger partial charge < -0.3 is 25.2 Å². The third-order valence-electron chi connectivity index (χ3n) is 6.02. The van der Waals surface area contributed by atoms with Crippen molar-refractivity contribution < 1.29 is 29.0 Å². The van der Waals surface area contributed by atoms with E-state index in [0.29, 0.717) is 12.8 Å². The number of rotatable bonds is 9. The number of carbonyl (C=O) groups excluding carboxylic acids is 2. The minimum atomic E-state index is -0.984. The van der Waals surface area contributed by atoms with Gasteiger partial charge in [0.2, 0.25) is 5.91 Å². The van der Waals surface area contributed by atoms with Gasteiger partial charge in [-0.15, -0.1) is 0 Å². The summed E-state index contributed by atoms with van der Waals surface area (Å²) in [7, 11) is 1.42. The lowest BCUT2D eigenvalue weighted by Gasteiger charge is -2.22. The molecule has 2 amide bonds. The fraction of sp³-hybridized carbons (Fsp3) is 0.375. The molecule has 32 heavy (non-hydrogen) atoms. The Labute approximate surface area is 185 Å². The number of amides is 2. The van der Waals surface area contributed by atoms with E-state index in [2.05, 4.69) is 22.8 Å². The van der Waals surface area contributed by atoms with Gasteiger partial charge >= 0.3 is 12.1 Å². The van der Waals surface area contributed by atoms with E-state index in [-0.39, 0.29) is 25.6 Å². The quantitative estimate of drug-likeness (QED) is 0.555. The molecule has 2 aliphatic rings. The van der Waals surface area contributed by atoms with Crippen molar-refractivity contribution in [1.82, 2.24) is 10.6 Å². The Morgan fingerprint density at radius 1 is 1.06 bits per heavy atom. The first kappa shape index (κ1) is 21.8. The molecule has 1 saturated carbocycles. The molecule has 0 heterocycles. The number of fused-ring (bicyclic) bond motifs is 3. The molecular weight excluding hydrogens is 412 g/mol. The highest BCUT2D eigenvalue weighted by atomic mass is 16.5. The molecule has 0 aromatic heterocycles. The number of carboxylic acid groups (broad SMARTS) is 1. The van der Waals surface area contributed by atoms with Gasteiger partial charge in [0.1, 0.15) is 12.6 Å². The Bertz CT molecular complexity index is 987. The molecular formula is C24H26N2O6. The van der Waals surface area contributed by atoms with Gasteiger partial charge in [-0.3, -0.25) is 9.59 Å². The smallest absolute Gasteiger partial charge is 0.407 e. The second-order valence-corrected chi connectivity index (χ2v) is 8.32. The number of hydrogen-bond acceptors (Lipinski definition) is 5. The first-order chi connectivity index (χ1) is 15.4. The topological polar surface area (TPSA) is 114 Å². The van der Waals surface area contributed by atoms with Crippen LogP contribution >= 0.6 is 0 Å². The van der Waals surface area contributed by atoms with E-state index in [1.54, 1.807) is 0 Å². The molecule has 1 atom stereocenters. The van der Waals surface area contributed by atoms with Crippen molar-refractivity contribution in [3.8, 4) is 11.1 Å². The van der Waals surface area contributed by atoms with E-state index >= 15 is 0 Å². The third-order valence-corrected chi connectivity index (χ3v) is 6.02. The van der Waals surface area contributed by atoms with Crippen molar-refractivity contribution in [1.29, 1.82) is 0 Å². The number of benzene rings is 2. The van der Waals surface area contributed by atoms with Crippen molar-refractivity contribution >= 4 is 18.0 Å². The molecule has 0 radical (unpaired) electrons. The first-order valence-corrected chi connectivity index (χ1v) is 10.6. The Balaban J connectivity index is 1.38. The number of carboxylic acids is 1. The average Bonchev–Trinajstić information content (AvgIpc) is 3.43. The minimum absolute atomic E-state index is 0.0564. The van der Waals surface area contributed by atoms with Crippen molar-refractivity contribution in [3.63, 3.8) is 0 Å². The van der Waals surface area contributed by atoms with Gasteiger partial charge in [-0.05, 0) is 35.1 Å². The molecule has 0 bridgehead atoms. The monoisotopic (exact) mass is 438 g/mol. The largest absolute Gasteiger partial charge is 0.481 e. The van der Waals surface area contributed by atoms with Crippen LogP contribution in [0.15, 0.2) is 48.5 Å². The van der Waals surface area contributed by atoms with Crippen molar-refractivity contribution in [3.05, 3.63) is 59.7 Å². The van der Waals surface area contributed by atoms with E-state index in [1.807, 2.05) is 36.4 Å². The van der Waals surface area contributed by atoms with Crippen molar-refractivity contribution in [2.45, 2.75) is 36.8 Å². The number of ether oxygens (including phenoxy) is 2. The summed E-state index contributed by atoms with van der Waals surface area (Å²) in [4.78, 5) is 36.2. The number of carbonyl (C=O) groups is 3. The summed E-state index contributed by atoms with van der Waals surface area (Å²) in [6, 6.07) is 15.1. The van der Waals surface area contributed by atoms with Crippen LogP contribution in [0.25, 0.3) is 11.1 Å². The Morgan fingerprint density at radius 2 is 1.66 bits per heavy atom. The highest BCUT2D eigenvalue weighted by Gasteiger charge is 2.46. The predicted octanol–water partition coefficient (Wildman–Crippen LogP) is 2.66. The van der Waals surface area contributed by atoms with Crippen LogP contribution in [0.3, 0.4) is 0 Å². The van der Waals surface area contributed by atoms with Gasteiger partial charge in [0.25, 0.3) is 0 Å². The number of aliphatic carboxylic acids is 1. The highest BCUT2D eigenvalue weighted by Crippen LogP contribution is 2.44. The zero-order valence-electron chi connectivity index (χ0n) is 17.8. The second kappa shape index (κ2) is 9.00. The average molecular weight is 438 g/mol. The molecule has 1 fully saturated rings. The van der Waals surface area contributed by atoms with Gasteiger partial charge in [-0.1, -0.05) is 48.5 Å². The number of methoxy groups -OCH3 is 1. The molecule has 8 nitrogen and oxygen atoms in total. The number of hydrogen-bond donors (Lipinski definition) is 3. The van der Waals surface area contributed by atoms with Crippen LogP contribution in [0.2, 0.25) is 0 Å². The minimum Gasteiger partial charge on any atom is -0.481 e. The lowest BCUT2D eigenvalue weighted by molar-refractivity contribution is -0.138. The summed E-state index contributed by atoms with van der Waals surface area (Å²) in [5.41, 5.74) is 3.70. The van der Waals surface area contributed by atoms with E-state index in [4.69, 9.17) is 14.6 Å². The summed E-state index contributed by atoms with van der Waals surface area (Å²) in [6.45, 7) is 0.0727. The van der Waals surface area contributed by atoms with Crippen molar-refractivity contribution in [2.24, 2.45) is 0 Å². The second-order valence-electron chi connectivity index (χ2n) is 8.32. The molecule has 0 spiro atoms. The van der Waals surface area contributed by atoms with Crippen LogP contribution in [0.5, 0.6) is 0 Å². The van der Waals surface area contributed by atoms with E-state index in [9.17, 15) is 14.4 Å². The molecule has 8 heteroatoms. The van der Waals surface area contributed by atoms with Crippen LogP contribution in [0, 0.1) is 0 Å². The normalized spacial score (nSPS) is 16.4. The van der Waals surface area contributed by atoms with E-state index in [1.165, 1.54) is 7.11 Å². The number of nitrogens with one attached hydrogen (secondary N) is 2. The Kier molecular flexibility index (Phi) is 6.14. The molecule has 0 saturated heterocycles. The lowest BCUT2D eigenvalue weighted by Crippen LogP contribution is -2.53. The van der Waals surface area contributed by atoms with Crippen LogP contribution < -0.4 is 10.6 Å². The summed E-state index contributed by atoms with van der Waals surface area (Å²) in [5.74, 6) is -1.55. The van der Waals surface area contributed by atoms with Gasteiger partial charge in [0.05, 0.1) is 18.6 Å². The predicted molar refractivity (Wildman–Crippen MR) is 116 cm³/mol. The molecule has 3 N–H and O–H groups in total.